The summed E-state index contributed by atoms with van der Waals surface area (Å²) in [5, 5.41) is 4.44. The average molecular weight is 277 g/mol. The van der Waals surface area contributed by atoms with E-state index < -0.39 is 9.05 Å². The number of aromatic nitrogens is 2. The van der Waals surface area contributed by atoms with Gasteiger partial charge in [-0.05, 0) is 32.1 Å². The molecular weight excluding hydrogens is 260 g/mol. The highest BCUT2D eigenvalue weighted by molar-refractivity contribution is 8.13. The van der Waals surface area contributed by atoms with Crippen LogP contribution in [-0.2, 0) is 21.9 Å². The second-order valence-electron chi connectivity index (χ2n) is 4.40. The number of halogens is 1. The monoisotopic (exact) mass is 276 g/mol. The maximum atomic E-state index is 11.6. The molecule has 17 heavy (non-hydrogen) atoms. The second-order valence-corrected chi connectivity index (χ2v) is 6.90. The van der Waals surface area contributed by atoms with Crippen LogP contribution in [0.3, 0.4) is 0 Å². The Morgan fingerprint density at radius 1 is 1.35 bits per heavy atom. The Balaban J connectivity index is 2.59. The maximum absolute atomic E-state index is 11.6. The highest BCUT2D eigenvalue weighted by atomic mass is 35.7. The lowest BCUT2D eigenvalue weighted by Gasteiger charge is -2.27. The van der Waals surface area contributed by atoms with Gasteiger partial charge in [-0.2, -0.15) is 5.10 Å². The van der Waals surface area contributed by atoms with Crippen LogP contribution in [-0.4, -0.2) is 18.2 Å². The first-order valence-corrected chi connectivity index (χ1v) is 8.34. The molecule has 0 bridgehead atoms. The van der Waals surface area contributed by atoms with E-state index in [4.69, 9.17) is 10.7 Å². The van der Waals surface area contributed by atoms with Crippen molar-refractivity contribution in [3.05, 3.63) is 11.4 Å². The average Bonchev–Trinajstić information content (AvgIpc) is 2.53. The third-order valence-electron chi connectivity index (χ3n) is 3.36. The van der Waals surface area contributed by atoms with E-state index in [0.29, 0.717) is 24.6 Å². The molecule has 1 aliphatic carbocycles. The summed E-state index contributed by atoms with van der Waals surface area (Å²) < 4.78 is 25.2. The van der Waals surface area contributed by atoms with Gasteiger partial charge >= 0.3 is 0 Å². The van der Waals surface area contributed by atoms with E-state index in [1.165, 1.54) is 6.42 Å². The number of aryl methyl sites for hydroxylation is 1. The number of hydrogen-bond acceptors (Lipinski definition) is 3. The maximum Gasteiger partial charge on any atom is 0.264 e. The second kappa shape index (κ2) is 4.61. The Morgan fingerprint density at radius 2 is 2.00 bits per heavy atom. The molecule has 0 unspecified atom stereocenters. The molecular formula is C11H17ClN2O2S. The van der Waals surface area contributed by atoms with E-state index in [1.807, 2.05) is 18.5 Å². The SMILES string of the molecule is CCc1nn(C2CCC2)c(CC)c1S(=O)(=O)Cl. The summed E-state index contributed by atoms with van der Waals surface area (Å²) in [7, 11) is 1.83. The van der Waals surface area contributed by atoms with Crippen LogP contribution >= 0.6 is 10.7 Å². The topological polar surface area (TPSA) is 52.0 Å². The first-order valence-electron chi connectivity index (χ1n) is 6.03. The summed E-state index contributed by atoms with van der Waals surface area (Å²) >= 11 is 0. The molecule has 0 N–H and O–H groups in total. The van der Waals surface area contributed by atoms with E-state index in [-0.39, 0.29) is 4.90 Å². The van der Waals surface area contributed by atoms with Gasteiger partial charge in [0.05, 0.1) is 17.4 Å². The third kappa shape index (κ3) is 2.22. The Hall–Kier alpha value is -0.550. The van der Waals surface area contributed by atoms with Crippen molar-refractivity contribution < 1.29 is 8.42 Å². The van der Waals surface area contributed by atoms with Gasteiger partial charge in [-0.3, -0.25) is 4.68 Å². The lowest BCUT2D eigenvalue weighted by Crippen LogP contribution is -2.20. The lowest BCUT2D eigenvalue weighted by atomic mass is 9.93. The quantitative estimate of drug-likeness (QED) is 0.795. The first kappa shape index (κ1) is 12.9. The normalized spacial score (nSPS) is 17.1. The molecule has 96 valence electrons. The van der Waals surface area contributed by atoms with Gasteiger partial charge in [0.15, 0.2) is 0 Å². The Morgan fingerprint density at radius 3 is 2.35 bits per heavy atom. The summed E-state index contributed by atoms with van der Waals surface area (Å²) in [5.41, 5.74) is 1.37. The molecule has 1 aliphatic rings. The zero-order valence-electron chi connectivity index (χ0n) is 10.1. The Kier molecular flexibility index (Phi) is 3.50. The molecule has 0 aliphatic heterocycles. The minimum atomic E-state index is -3.70. The molecule has 6 heteroatoms. The largest absolute Gasteiger partial charge is 0.265 e. The smallest absolute Gasteiger partial charge is 0.264 e. The lowest BCUT2D eigenvalue weighted by molar-refractivity contribution is 0.281. The molecule has 1 aromatic heterocycles. The van der Waals surface area contributed by atoms with Gasteiger partial charge < -0.3 is 0 Å². The van der Waals surface area contributed by atoms with Crippen molar-refractivity contribution in [2.45, 2.75) is 56.9 Å². The molecule has 0 atom stereocenters. The van der Waals surface area contributed by atoms with Crippen molar-refractivity contribution in [2.24, 2.45) is 0 Å². The van der Waals surface area contributed by atoms with Crippen LogP contribution in [0.2, 0.25) is 0 Å². The van der Waals surface area contributed by atoms with Crippen molar-refractivity contribution in [3.63, 3.8) is 0 Å². The minimum Gasteiger partial charge on any atom is -0.265 e. The third-order valence-corrected chi connectivity index (χ3v) is 4.79. The fraction of sp³-hybridized carbons (Fsp3) is 0.727. The molecule has 0 radical (unpaired) electrons. The van der Waals surface area contributed by atoms with E-state index in [1.54, 1.807) is 0 Å². The van der Waals surface area contributed by atoms with Crippen LogP contribution in [0.1, 0.15) is 50.5 Å². The van der Waals surface area contributed by atoms with Gasteiger partial charge in [-0.25, -0.2) is 8.42 Å². The summed E-state index contributed by atoms with van der Waals surface area (Å²) in [6, 6.07) is 0.363. The molecule has 1 saturated carbocycles. The van der Waals surface area contributed by atoms with Crippen molar-refractivity contribution in [1.82, 2.24) is 9.78 Å². The summed E-state index contributed by atoms with van der Waals surface area (Å²) in [6.07, 6.45) is 4.59. The van der Waals surface area contributed by atoms with Gasteiger partial charge in [0, 0.05) is 10.7 Å². The highest BCUT2D eigenvalue weighted by Gasteiger charge is 2.30. The van der Waals surface area contributed by atoms with E-state index >= 15 is 0 Å². The van der Waals surface area contributed by atoms with Crippen molar-refractivity contribution in [1.29, 1.82) is 0 Å². The minimum absolute atomic E-state index is 0.246. The van der Waals surface area contributed by atoms with Crippen LogP contribution in [0.5, 0.6) is 0 Å². The molecule has 1 aromatic rings. The van der Waals surface area contributed by atoms with Crippen LogP contribution < -0.4 is 0 Å². The molecule has 0 saturated heterocycles. The van der Waals surface area contributed by atoms with Crippen molar-refractivity contribution in [3.8, 4) is 0 Å². The summed E-state index contributed by atoms with van der Waals surface area (Å²) in [4.78, 5) is 0.246. The van der Waals surface area contributed by atoms with Gasteiger partial charge in [-0.1, -0.05) is 13.8 Å². The summed E-state index contributed by atoms with van der Waals surface area (Å²) in [6.45, 7) is 3.84. The van der Waals surface area contributed by atoms with Crippen LogP contribution in [0.15, 0.2) is 4.90 Å². The molecule has 4 nitrogen and oxygen atoms in total. The van der Waals surface area contributed by atoms with Gasteiger partial charge in [0.2, 0.25) is 0 Å². The van der Waals surface area contributed by atoms with Crippen LogP contribution in [0.25, 0.3) is 0 Å². The predicted molar refractivity (Wildman–Crippen MR) is 66.9 cm³/mol. The zero-order chi connectivity index (χ0) is 12.6. The van der Waals surface area contributed by atoms with Crippen molar-refractivity contribution >= 4 is 19.7 Å². The van der Waals surface area contributed by atoms with Crippen LogP contribution in [0, 0.1) is 0 Å². The van der Waals surface area contributed by atoms with E-state index in [9.17, 15) is 8.42 Å². The number of rotatable bonds is 4. The molecule has 1 heterocycles. The standard InChI is InChI=1S/C11H17ClN2O2S/c1-3-9-11(17(12,15)16)10(4-2)14(13-9)8-6-5-7-8/h8H,3-7H2,1-2H3. The number of nitrogens with zero attached hydrogens (tertiary/aromatic N) is 2. The molecule has 0 spiro atoms. The first-order chi connectivity index (χ1) is 7.99. The van der Waals surface area contributed by atoms with Gasteiger partial charge in [0.25, 0.3) is 9.05 Å². The predicted octanol–water partition coefficient (Wildman–Crippen LogP) is 2.66. The Labute approximate surface area is 106 Å². The summed E-state index contributed by atoms with van der Waals surface area (Å²) in [5.74, 6) is 0. The molecule has 2 rings (SSSR count). The van der Waals surface area contributed by atoms with E-state index in [0.717, 1.165) is 18.5 Å². The molecule has 1 fully saturated rings. The van der Waals surface area contributed by atoms with Gasteiger partial charge in [-0.15, -0.1) is 0 Å². The highest BCUT2D eigenvalue weighted by Crippen LogP contribution is 2.35. The van der Waals surface area contributed by atoms with Crippen LogP contribution in [0.4, 0.5) is 0 Å². The van der Waals surface area contributed by atoms with E-state index in [2.05, 4.69) is 5.10 Å². The molecule has 0 aromatic carbocycles. The molecule has 0 amide bonds. The fourth-order valence-corrected chi connectivity index (χ4v) is 3.80. The van der Waals surface area contributed by atoms with Crippen molar-refractivity contribution in [2.75, 3.05) is 0 Å². The number of hydrogen-bond donors (Lipinski definition) is 0. The fourth-order valence-electron chi connectivity index (χ4n) is 2.27. The van der Waals surface area contributed by atoms with Gasteiger partial charge in [0.1, 0.15) is 4.90 Å². The zero-order valence-corrected chi connectivity index (χ0v) is 11.7. The Bertz CT molecular complexity index is 518.